The lowest BCUT2D eigenvalue weighted by Crippen LogP contribution is -2.12. The Morgan fingerprint density at radius 2 is 1.93 bits per heavy atom. The van der Waals surface area contributed by atoms with E-state index in [4.69, 9.17) is 10.5 Å². The third-order valence-corrected chi connectivity index (χ3v) is 1.54. The number of hydrogen-bond donors (Lipinski definition) is 1. The molecule has 0 bridgehead atoms. The minimum Gasteiger partial charge on any atom is -0.497 e. The molecule has 78 valence electrons. The van der Waals surface area contributed by atoms with Crippen LogP contribution in [-0.2, 0) is 11.3 Å². The first-order chi connectivity index (χ1) is 6.22. The summed E-state index contributed by atoms with van der Waals surface area (Å²) in [5.41, 5.74) is 5.69. The smallest absolute Gasteiger partial charge is 0.404 e. The summed E-state index contributed by atoms with van der Waals surface area (Å²) in [6.45, 7) is 0.194. The third-order valence-electron chi connectivity index (χ3n) is 1.54. The number of nitrogens with two attached hydrogens (primary N) is 1. The lowest BCUT2D eigenvalue weighted by molar-refractivity contribution is 0.150. The average molecular weight is 218 g/mol. The predicted octanol–water partition coefficient (Wildman–Crippen LogP) is 1.71. The van der Waals surface area contributed by atoms with E-state index in [0.29, 0.717) is 0 Å². The lowest BCUT2D eigenvalue weighted by atomic mass is 10.2. The zero-order chi connectivity index (χ0) is 9.68. The molecule has 0 aromatic heterocycles. The fraction of sp³-hybridized carbons (Fsp3) is 0.222. The molecule has 2 N–H and O–H groups in total. The molecule has 0 heterocycles. The van der Waals surface area contributed by atoms with Crippen molar-refractivity contribution in [3.63, 3.8) is 0 Å². The van der Waals surface area contributed by atoms with E-state index < -0.39 is 6.09 Å². The van der Waals surface area contributed by atoms with Gasteiger partial charge in [-0.05, 0) is 17.7 Å². The van der Waals surface area contributed by atoms with Gasteiger partial charge in [-0.1, -0.05) is 12.1 Å². The quantitative estimate of drug-likeness (QED) is 0.839. The molecule has 1 amide bonds. The van der Waals surface area contributed by atoms with Crippen LogP contribution >= 0.6 is 12.4 Å². The van der Waals surface area contributed by atoms with Gasteiger partial charge in [0.05, 0.1) is 7.11 Å². The van der Waals surface area contributed by atoms with Crippen molar-refractivity contribution in [2.24, 2.45) is 5.73 Å². The van der Waals surface area contributed by atoms with E-state index in [-0.39, 0.29) is 19.0 Å². The lowest BCUT2D eigenvalue weighted by Gasteiger charge is -2.02. The van der Waals surface area contributed by atoms with Crippen LogP contribution in [0.15, 0.2) is 24.3 Å². The minimum atomic E-state index is -0.768. The Morgan fingerprint density at radius 3 is 2.36 bits per heavy atom. The van der Waals surface area contributed by atoms with E-state index in [9.17, 15) is 4.79 Å². The van der Waals surface area contributed by atoms with E-state index in [1.165, 1.54) is 0 Å². The van der Waals surface area contributed by atoms with Crippen molar-refractivity contribution in [2.75, 3.05) is 7.11 Å². The first-order valence-corrected chi connectivity index (χ1v) is 3.77. The molecule has 14 heavy (non-hydrogen) atoms. The fourth-order valence-corrected chi connectivity index (χ4v) is 0.876. The number of halogens is 1. The van der Waals surface area contributed by atoms with E-state index in [1.54, 1.807) is 19.2 Å². The molecule has 0 saturated carbocycles. The van der Waals surface area contributed by atoms with Crippen LogP contribution in [0.2, 0.25) is 0 Å². The largest absolute Gasteiger partial charge is 0.497 e. The molecule has 0 saturated heterocycles. The van der Waals surface area contributed by atoms with Gasteiger partial charge in [0.15, 0.2) is 0 Å². The second-order valence-electron chi connectivity index (χ2n) is 2.46. The zero-order valence-corrected chi connectivity index (χ0v) is 8.54. The molecule has 1 rings (SSSR count). The molecule has 4 nitrogen and oxygen atoms in total. The highest BCUT2D eigenvalue weighted by molar-refractivity contribution is 5.85. The Morgan fingerprint density at radius 1 is 1.36 bits per heavy atom. The zero-order valence-electron chi connectivity index (χ0n) is 7.73. The van der Waals surface area contributed by atoms with Crippen LogP contribution in [0, 0.1) is 0 Å². The molecule has 0 atom stereocenters. The molecule has 0 radical (unpaired) electrons. The standard InChI is InChI=1S/C9H11NO3.ClH/c1-12-8-4-2-7(3-5-8)6-13-9(10)11;/h2-5H,6H2,1H3,(H2,10,11);1H. The normalized spacial score (nSPS) is 8.64. The molecule has 0 spiro atoms. The van der Waals surface area contributed by atoms with E-state index in [0.717, 1.165) is 11.3 Å². The summed E-state index contributed by atoms with van der Waals surface area (Å²) < 4.78 is 9.56. The molecule has 0 aliphatic heterocycles. The number of carbonyl (C=O) groups is 1. The number of rotatable bonds is 3. The molecule has 1 aromatic rings. The Kier molecular flexibility index (Phi) is 5.48. The highest BCUT2D eigenvalue weighted by Gasteiger charge is 1.96. The summed E-state index contributed by atoms with van der Waals surface area (Å²) in [6.07, 6.45) is -0.768. The molecule has 5 heteroatoms. The molecule has 0 unspecified atom stereocenters. The Labute approximate surface area is 88.4 Å². The highest BCUT2D eigenvalue weighted by atomic mass is 35.5. The van der Waals surface area contributed by atoms with Gasteiger partial charge in [0.1, 0.15) is 12.4 Å². The van der Waals surface area contributed by atoms with Gasteiger partial charge in [-0.3, -0.25) is 0 Å². The molecule has 0 fully saturated rings. The van der Waals surface area contributed by atoms with Gasteiger partial charge in [-0.15, -0.1) is 12.4 Å². The third kappa shape index (κ3) is 4.00. The fourth-order valence-electron chi connectivity index (χ4n) is 0.876. The van der Waals surface area contributed by atoms with Gasteiger partial charge in [-0.2, -0.15) is 0 Å². The van der Waals surface area contributed by atoms with Crippen LogP contribution in [0.3, 0.4) is 0 Å². The van der Waals surface area contributed by atoms with Gasteiger partial charge in [0.2, 0.25) is 0 Å². The number of ether oxygens (including phenoxy) is 2. The number of hydrogen-bond acceptors (Lipinski definition) is 3. The van der Waals surface area contributed by atoms with Crippen LogP contribution in [0.5, 0.6) is 5.75 Å². The summed E-state index contributed by atoms with van der Waals surface area (Å²) in [6, 6.07) is 7.20. The molecular formula is C9H12ClNO3. The number of methoxy groups -OCH3 is 1. The van der Waals surface area contributed by atoms with Gasteiger partial charge in [-0.25, -0.2) is 4.79 Å². The summed E-state index contributed by atoms with van der Waals surface area (Å²) in [5.74, 6) is 0.767. The minimum absolute atomic E-state index is 0. The Bertz CT molecular complexity index is 287. The maximum absolute atomic E-state index is 10.3. The monoisotopic (exact) mass is 217 g/mol. The maximum Gasteiger partial charge on any atom is 0.404 e. The Balaban J connectivity index is 0.00000169. The second kappa shape index (κ2) is 6.10. The SMILES string of the molecule is COc1ccc(COC(N)=O)cc1.Cl. The van der Waals surface area contributed by atoms with Gasteiger partial charge >= 0.3 is 6.09 Å². The number of benzene rings is 1. The number of primary amides is 1. The van der Waals surface area contributed by atoms with Crippen LogP contribution in [-0.4, -0.2) is 13.2 Å². The van der Waals surface area contributed by atoms with Gasteiger partial charge in [0.25, 0.3) is 0 Å². The van der Waals surface area contributed by atoms with Gasteiger partial charge < -0.3 is 15.2 Å². The van der Waals surface area contributed by atoms with Crippen molar-refractivity contribution in [3.8, 4) is 5.75 Å². The van der Waals surface area contributed by atoms with E-state index in [2.05, 4.69) is 4.74 Å². The number of amides is 1. The summed E-state index contributed by atoms with van der Waals surface area (Å²) in [7, 11) is 1.59. The van der Waals surface area contributed by atoms with Gasteiger partial charge in [0, 0.05) is 0 Å². The average Bonchev–Trinajstić information content (AvgIpc) is 2.15. The molecule has 0 aliphatic carbocycles. The maximum atomic E-state index is 10.3. The van der Waals surface area contributed by atoms with Crippen LogP contribution < -0.4 is 10.5 Å². The summed E-state index contributed by atoms with van der Waals surface area (Å²) >= 11 is 0. The first kappa shape index (κ1) is 12.6. The van der Waals surface area contributed by atoms with Crippen molar-refractivity contribution in [2.45, 2.75) is 6.61 Å². The number of carbonyl (C=O) groups excluding carboxylic acids is 1. The summed E-state index contributed by atoms with van der Waals surface area (Å²) in [5, 5.41) is 0. The van der Waals surface area contributed by atoms with E-state index >= 15 is 0 Å². The van der Waals surface area contributed by atoms with Crippen molar-refractivity contribution < 1.29 is 14.3 Å². The molecule has 1 aromatic carbocycles. The first-order valence-electron chi connectivity index (χ1n) is 3.77. The topological polar surface area (TPSA) is 61.6 Å². The summed E-state index contributed by atoms with van der Waals surface area (Å²) in [4.78, 5) is 10.3. The van der Waals surface area contributed by atoms with Crippen molar-refractivity contribution in [3.05, 3.63) is 29.8 Å². The molecule has 0 aliphatic rings. The molecular weight excluding hydrogens is 206 g/mol. The van der Waals surface area contributed by atoms with Crippen LogP contribution in [0.4, 0.5) is 4.79 Å². The van der Waals surface area contributed by atoms with Crippen molar-refractivity contribution in [1.29, 1.82) is 0 Å². The highest BCUT2D eigenvalue weighted by Crippen LogP contribution is 2.11. The van der Waals surface area contributed by atoms with Crippen molar-refractivity contribution >= 4 is 18.5 Å². The van der Waals surface area contributed by atoms with E-state index in [1.807, 2.05) is 12.1 Å². The second-order valence-corrected chi connectivity index (χ2v) is 2.46. The predicted molar refractivity (Wildman–Crippen MR) is 54.6 cm³/mol. The van der Waals surface area contributed by atoms with Crippen LogP contribution in [0.1, 0.15) is 5.56 Å². The van der Waals surface area contributed by atoms with Crippen LogP contribution in [0.25, 0.3) is 0 Å². The van der Waals surface area contributed by atoms with Crippen molar-refractivity contribution in [1.82, 2.24) is 0 Å². The Hall–Kier alpha value is -1.42.